The molecule has 3 rings (SSSR count). The van der Waals surface area contributed by atoms with Gasteiger partial charge in [0.2, 0.25) is 0 Å². The maximum atomic E-state index is 12.7. The van der Waals surface area contributed by atoms with E-state index in [0.717, 1.165) is 28.6 Å². The summed E-state index contributed by atoms with van der Waals surface area (Å²) in [5.74, 6) is 0. The van der Waals surface area contributed by atoms with E-state index in [2.05, 4.69) is 10.2 Å². The van der Waals surface area contributed by atoms with Crippen molar-refractivity contribution in [3.05, 3.63) is 63.7 Å². The summed E-state index contributed by atoms with van der Waals surface area (Å²) < 4.78 is 40.0. The van der Waals surface area contributed by atoms with Crippen molar-refractivity contribution >= 4 is 11.6 Å². The Morgan fingerprint density at radius 2 is 1.96 bits per heavy atom. The van der Waals surface area contributed by atoms with Crippen molar-refractivity contribution in [3.8, 4) is 17.2 Å². The van der Waals surface area contributed by atoms with Gasteiger partial charge in [0, 0.05) is 17.0 Å². The molecule has 0 radical (unpaired) electrons. The number of aromatic nitrogens is 3. The molecule has 0 aliphatic rings. The summed E-state index contributed by atoms with van der Waals surface area (Å²) in [6.07, 6.45) is -4.47. The standard InChI is InChI=1S/C18H14ClF3N4/c1-10-5-15(12-3-4-13(8-23)16(19)6-12)11(2)26(10)9-14-7-17(25-24-14)18(20,21)22/h3-7H,9H2,1-2H3,(H,24,25). The Hall–Kier alpha value is -2.72. The van der Waals surface area contributed by atoms with E-state index < -0.39 is 11.9 Å². The molecule has 0 fully saturated rings. The van der Waals surface area contributed by atoms with Gasteiger partial charge in [0.05, 0.1) is 22.8 Å². The van der Waals surface area contributed by atoms with Crippen molar-refractivity contribution in [3.63, 3.8) is 0 Å². The number of aryl methyl sites for hydroxylation is 1. The molecular formula is C18H14ClF3N4. The number of nitrogens with zero attached hydrogens (tertiary/aromatic N) is 3. The van der Waals surface area contributed by atoms with E-state index in [9.17, 15) is 13.2 Å². The number of aromatic amines is 1. The Bertz CT molecular complexity index is 1010. The average Bonchev–Trinajstić information content (AvgIpc) is 3.15. The summed E-state index contributed by atoms with van der Waals surface area (Å²) in [6, 6.07) is 10.1. The van der Waals surface area contributed by atoms with Gasteiger partial charge in [-0.2, -0.15) is 23.5 Å². The molecule has 4 nitrogen and oxygen atoms in total. The maximum Gasteiger partial charge on any atom is 0.435 e. The van der Waals surface area contributed by atoms with Crippen LogP contribution in [0.1, 0.15) is 28.3 Å². The van der Waals surface area contributed by atoms with E-state index in [4.69, 9.17) is 16.9 Å². The Morgan fingerprint density at radius 1 is 1.23 bits per heavy atom. The molecule has 1 aromatic carbocycles. The topological polar surface area (TPSA) is 57.4 Å². The number of nitriles is 1. The zero-order valence-corrected chi connectivity index (χ0v) is 14.7. The first-order valence-electron chi connectivity index (χ1n) is 7.69. The Morgan fingerprint density at radius 3 is 2.54 bits per heavy atom. The predicted octanol–water partition coefficient (Wildman–Crippen LogP) is 5.09. The molecule has 8 heteroatoms. The van der Waals surface area contributed by atoms with Crippen molar-refractivity contribution in [1.29, 1.82) is 5.26 Å². The number of rotatable bonds is 3. The fraction of sp³-hybridized carbons (Fsp3) is 0.222. The molecule has 0 aliphatic carbocycles. The molecule has 0 saturated heterocycles. The van der Waals surface area contributed by atoms with E-state index in [1.807, 2.05) is 30.6 Å². The quantitative estimate of drug-likeness (QED) is 0.690. The molecule has 0 amide bonds. The van der Waals surface area contributed by atoms with Crippen molar-refractivity contribution < 1.29 is 13.2 Å². The highest BCUT2D eigenvalue weighted by atomic mass is 35.5. The van der Waals surface area contributed by atoms with Crippen molar-refractivity contribution in [2.45, 2.75) is 26.6 Å². The first-order valence-corrected chi connectivity index (χ1v) is 8.06. The summed E-state index contributed by atoms with van der Waals surface area (Å²) >= 11 is 6.10. The Balaban J connectivity index is 1.95. The normalized spacial score (nSPS) is 11.6. The summed E-state index contributed by atoms with van der Waals surface area (Å²) in [6.45, 7) is 4.00. The van der Waals surface area contributed by atoms with Crippen LogP contribution in [0.15, 0.2) is 30.3 Å². The van der Waals surface area contributed by atoms with Gasteiger partial charge in [0.1, 0.15) is 6.07 Å². The second-order valence-corrected chi connectivity index (χ2v) is 6.36. The lowest BCUT2D eigenvalue weighted by Crippen LogP contribution is -2.05. The van der Waals surface area contributed by atoms with Crippen LogP contribution < -0.4 is 0 Å². The van der Waals surface area contributed by atoms with Gasteiger partial charge < -0.3 is 4.57 Å². The van der Waals surface area contributed by atoms with Crippen LogP contribution in [0.2, 0.25) is 5.02 Å². The Kier molecular flexibility index (Phi) is 4.55. The first-order chi connectivity index (χ1) is 12.2. The van der Waals surface area contributed by atoms with Gasteiger partial charge in [-0.15, -0.1) is 0 Å². The van der Waals surface area contributed by atoms with Crippen LogP contribution in [0.5, 0.6) is 0 Å². The second-order valence-electron chi connectivity index (χ2n) is 5.95. The van der Waals surface area contributed by atoms with Crippen LogP contribution in [0.25, 0.3) is 11.1 Å². The molecule has 3 aromatic rings. The molecule has 0 aliphatic heterocycles. The number of hydrogen-bond donors (Lipinski definition) is 1. The lowest BCUT2D eigenvalue weighted by atomic mass is 10.0. The molecule has 0 bridgehead atoms. The zero-order chi connectivity index (χ0) is 19.1. The van der Waals surface area contributed by atoms with Gasteiger partial charge in [-0.25, -0.2) is 0 Å². The number of nitrogens with one attached hydrogen (secondary N) is 1. The van der Waals surface area contributed by atoms with Gasteiger partial charge in [-0.1, -0.05) is 17.7 Å². The Labute approximate surface area is 152 Å². The number of benzene rings is 1. The van der Waals surface area contributed by atoms with E-state index in [0.29, 0.717) is 16.3 Å². The largest absolute Gasteiger partial charge is 0.435 e. The molecule has 2 heterocycles. The summed E-state index contributed by atoms with van der Waals surface area (Å²) in [7, 11) is 0. The summed E-state index contributed by atoms with van der Waals surface area (Å²) in [4.78, 5) is 0. The number of hydrogen-bond acceptors (Lipinski definition) is 2. The molecule has 0 unspecified atom stereocenters. The lowest BCUT2D eigenvalue weighted by Gasteiger charge is -2.09. The molecule has 0 atom stereocenters. The number of halogens is 4. The highest BCUT2D eigenvalue weighted by Gasteiger charge is 2.33. The van der Waals surface area contributed by atoms with Gasteiger partial charge in [-0.05, 0) is 43.7 Å². The minimum absolute atomic E-state index is 0.241. The van der Waals surface area contributed by atoms with Crippen molar-refractivity contribution in [2.24, 2.45) is 0 Å². The van der Waals surface area contributed by atoms with Crippen LogP contribution >= 0.6 is 11.6 Å². The number of H-pyrrole nitrogens is 1. The van der Waals surface area contributed by atoms with Crippen LogP contribution in [-0.2, 0) is 12.7 Å². The van der Waals surface area contributed by atoms with Crippen molar-refractivity contribution in [1.82, 2.24) is 14.8 Å². The van der Waals surface area contributed by atoms with Gasteiger partial charge in [0.25, 0.3) is 0 Å². The third kappa shape index (κ3) is 3.33. The highest BCUT2D eigenvalue weighted by Crippen LogP contribution is 2.31. The van der Waals surface area contributed by atoms with E-state index in [-0.39, 0.29) is 6.54 Å². The predicted molar refractivity (Wildman–Crippen MR) is 91.8 cm³/mol. The molecule has 26 heavy (non-hydrogen) atoms. The fourth-order valence-electron chi connectivity index (χ4n) is 2.87. The summed E-state index contributed by atoms with van der Waals surface area (Å²) in [5.41, 5.74) is 3.34. The molecule has 1 N–H and O–H groups in total. The molecule has 2 aromatic heterocycles. The van der Waals surface area contributed by atoms with Gasteiger partial charge in [0.15, 0.2) is 5.69 Å². The van der Waals surface area contributed by atoms with Crippen LogP contribution in [0.4, 0.5) is 13.2 Å². The lowest BCUT2D eigenvalue weighted by molar-refractivity contribution is -0.141. The third-order valence-corrected chi connectivity index (χ3v) is 4.54. The van der Waals surface area contributed by atoms with E-state index >= 15 is 0 Å². The van der Waals surface area contributed by atoms with Crippen LogP contribution in [-0.4, -0.2) is 14.8 Å². The van der Waals surface area contributed by atoms with E-state index in [1.165, 1.54) is 0 Å². The third-order valence-electron chi connectivity index (χ3n) is 4.22. The molecule has 0 spiro atoms. The zero-order valence-electron chi connectivity index (χ0n) is 13.9. The summed E-state index contributed by atoms with van der Waals surface area (Å²) in [5, 5.41) is 15.1. The minimum Gasteiger partial charge on any atom is -0.343 e. The van der Waals surface area contributed by atoms with Gasteiger partial charge in [-0.3, -0.25) is 5.10 Å². The van der Waals surface area contributed by atoms with E-state index in [1.54, 1.807) is 18.2 Å². The van der Waals surface area contributed by atoms with Crippen LogP contribution in [0, 0.1) is 25.2 Å². The monoisotopic (exact) mass is 378 g/mol. The SMILES string of the molecule is Cc1cc(-c2ccc(C#N)c(Cl)c2)c(C)n1Cc1cc(C(F)(F)F)n[nH]1. The smallest absolute Gasteiger partial charge is 0.343 e. The first kappa shape index (κ1) is 18.1. The molecule has 0 saturated carbocycles. The average molecular weight is 379 g/mol. The fourth-order valence-corrected chi connectivity index (χ4v) is 3.09. The molecular weight excluding hydrogens is 365 g/mol. The minimum atomic E-state index is -4.47. The number of alkyl halides is 3. The van der Waals surface area contributed by atoms with Crippen molar-refractivity contribution in [2.75, 3.05) is 0 Å². The second kappa shape index (κ2) is 6.54. The van der Waals surface area contributed by atoms with Crippen LogP contribution in [0.3, 0.4) is 0 Å². The molecule has 134 valence electrons. The highest BCUT2D eigenvalue weighted by molar-refractivity contribution is 6.32. The van der Waals surface area contributed by atoms with Gasteiger partial charge >= 0.3 is 6.18 Å². The maximum absolute atomic E-state index is 12.7.